The summed E-state index contributed by atoms with van der Waals surface area (Å²) in [5.41, 5.74) is 1.67. The number of thioether (sulfide) groups is 1. The summed E-state index contributed by atoms with van der Waals surface area (Å²) in [6.45, 7) is 5.08. The van der Waals surface area contributed by atoms with Gasteiger partial charge in [0.1, 0.15) is 6.54 Å². The molecule has 0 radical (unpaired) electrons. The molecule has 7 nitrogen and oxygen atoms in total. The Bertz CT molecular complexity index is 979. The van der Waals surface area contributed by atoms with E-state index >= 15 is 0 Å². The van der Waals surface area contributed by atoms with Gasteiger partial charge in [-0.25, -0.2) is 0 Å². The fraction of sp³-hybridized carbons (Fsp3) is 0.286. The first-order chi connectivity index (χ1) is 14.0. The smallest absolute Gasteiger partial charge is 0.293 e. The lowest BCUT2D eigenvalue weighted by molar-refractivity contribution is -0.122. The second-order valence-electron chi connectivity index (χ2n) is 6.51. The predicted molar refractivity (Wildman–Crippen MR) is 114 cm³/mol. The number of nitrogens with one attached hydrogen (secondary N) is 1. The Labute approximate surface area is 173 Å². The van der Waals surface area contributed by atoms with E-state index < -0.39 is 0 Å². The van der Waals surface area contributed by atoms with Gasteiger partial charge in [0.05, 0.1) is 4.91 Å². The highest BCUT2D eigenvalue weighted by Gasteiger charge is 2.34. The number of para-hydroxylation sites is 1. The lowest BCUT2D eigenvalue weighted by Gasteiger charge is -2.07. The van der Waals surface area contributed by atoms with Gasteiger partial charge in [-0.1, -0.05) is 24.3 Å². The number of hydrogen-bond donors (Lipinski definition) is 1. The van der Waals surface area contributed by atoms with Crippen LogP contribution in [0.5, 0.6) is 0 Å². The molecule has 0 unspecified atom stereocenters. The molecule has 8 heteroatoms. The van der Waals surface area contributed by atoms with Crippen LogP contribution in [0.25, 0.3) is 17.0 Å². The van der Waals surface area contributed by atoms with E-state index in [0.717, 1.165) is 39.5 Å². The van der Waals surface area contributed by atoms with Crippen LogP contribution in [0, 0.1) is 0 Å². The molecule has 1 aliphatic heterocycles. The molecule has 29 heavy (non-hydrogen) atoms. The van der Waals surface area contributed by atoms with Gasteiger partial charge < -0.3 is 14.6 Å². The van der Waals surface area contributed by atoms with E-state index in [2.05, 4.69) is 11.9 Å². The Morgan fingerprint density at radius 1 is 1.31 bits per heavy atom. The zero-order chi connectivity index (χ0) is 20.8. The van der Waals surface area contributed by atoms with Gasteiger partial charge in [-0.15, -0.1) is 6.58 Å². The fourth-order valence-electron chi connectivity index (χ4n) is 3.10. The van der Waals surface area contributed by atoms with Crippen LogP contribution in [0.3, 0.4) is 0 Å². The van der Waals surface area contributed by atoms with Crippen molar-refractivity contribution in [3.8, 4) is 0 Å². The van der Waals surface area contributed by atoms with E-state index in [0.29, 0.717) is 18.1 Å². The van der Waals surface area contributed by atoms with Crippen LogP contribution in [0.2, 0.25) is 0 Å². The third kappa shape index (κ3) is 4.78. The summed E-state index contributed by atoms with van der Waals surface area (Å²) in [7, 11) is 1.63. The van der Waals surface area contributed by atoms with Gasteiger partial charge in [0.25, 0.3) is 11.1 Å². The summed E-state index contributed by atoms with van der Waals surface area (Å²) in [4.78, 5) is 38.3. The standard InChI is InChI=1S/C21H23N3O4S/c1-3-10-24-20(26)18(29-21(24)27)12-15-13-23(17-8-5-4-7-16(15)17)14-19(25)22-9-6-11-28-2/h3-5,7-8,12-13H,1,6,9-11,14H2,2H3,(H,22,25)/b18-12-. The molecule has 1 fully saturated rings. The SMILES string of the molecule is C=CCN1C(=O)S/C(=C\c2cn(CC(=O)NCCCOC)c3ccccc23)C1=O. The number of fused-ring (bicyclic) bond motifs is 1. The van der Waals surface area contributed by atoms with Crippen molar-refractivity contribution in [1.82, 2.24) is 14.8 Å². The number of carbonyl (C=O) groups is 3. The number of nitrogens with zero attached hydrogens (tertiary/aromatic N) is 2. The van der Waals surface area contributed by atoms with Gasteiger partial charge in [-0.3, -0.25) is 19.3 Å². The first-order valence-corrected chi connectivity index (χ1v) is 10.1. The highest BCUT2D eigenvalue weighted by atomic mass is 32.2. The van der Waals surface area contributed by atoms with Gasteiger partial charge in [-0.2, -0.15) is 0 Å². The number of rotatable bonds is 9. The summed E-state index contributed by atoms with van der Waals surface area (Å²) in [5, 5.41) is 3.48. The average molecular weight is 413 g/mol. The first kappa shape index (κ1) is 20.9. The third-order valence-corrected chi connectivity index (χ3v) is 5.36. The van der Waals surface area contributed by atoms with E-state index in [1.807, 2.05) is 35.0 Å². The van der Waals surface area contributed by atoms with E-state index in [1.165, 1.54) is 6.08 Å². The summed E-state index contributed by atoms with van der Waals surface area (Å²) in [5.74, 6) is -0.424. The second kappa shape index (κ2) is 9.58. The molecule has 2 heterocycles. The maximum Gasteiger partial charge on any atom is 0.293 e. The van der Waals surface area contributed by atoms with Crippen molar-refractivity contribution in [3.05, 3.63) is 53.6 Å². The van der Waals surface area contributed by atoms with Gasteiger partial charge in [0, 0.05) is 49.5 Å². The van der Waals surface area contributed by atoms with Crippen LogP contribution < -0.4 is 5.32 Å². The van der Waals surface area contributed by atoms with Gasteiger partial charge in [0.2, 0.25) is 5.91 Å². The van der Waals surface area contributed by atoms with Gasteiger partial charge >= 0.3 is 0 Å². The molecule has 3 rings (SSSR count). The molecule has 0 bridgehead atoms. The molecular formula is C21H23N3O4S. The summed E-state index contributed by atoms with van der Waals surface area (Å²) in [6.07, 6.45) is 5.82. The largest absolute Gasteiger partial charge is 0.385 e. The minimum Gasteiger partial charge on any atom is -0.385 e. The third-order valence-electron chi connectivity index (χ3n) is 4.45. The molecule has 0 saturated carbocycles. The lowest BCUT2D eigenvalue weighted by atomic mass is 10.1. The molecule has 0 atom stereocenters. The van der Waals surface area contributed by atoms with Crippen molar-refractivity contribution in [3.63, 3.8) is 0 Å². The molecule has 0 spiro atoms. The molecule has 2 aromatic rings. The number of ether oxygens (including phenoxy) is 1. The average Bonchev–Trinajstić information content (AvgIpc) is 3.18. The number of methoxy groups -OCH3 is 1. The van der Waals surface area contributed by atoms with E-state index in [9.17, 15) is 14.4 Å². The second-order valence-corrected chi connectivity index (χ2v) is 7.50. The van der Waals surface area contributed by atoms with Crippen LogP contribution in [-0.4, -0.2) is 53.3 Å². The van der Waals surface area contributed by atoms with Crippen LogP contribution in [0.15, 0.2) is 48.0 Å². The molecule has 1 N–H and O–H groups in total. The van der Waals surface area contributed by atoms with Gasteiger partial charge in [0.15, 0.2) is 0 Å². The van der Waals surface area contributed by atoms with E-state index in [4.69, 9.17) is 4.74 Å². The summed E-state index contributed by atoms with van der Waals surface area (Å²) < 4.78 is 6.83. The maximum absolute atomic E-state index is 12.5. The molecule has 152 valence electrons. The van der Waals surface area contributed by atoms with Crippen LogP contribution in [0.1, 0.15) is 12.0 Å². The van der Waals surface area contributed by atoms with Crippen molar-refractivity contribution in [2.24, 2.45) is 0 Å². The summed E-state index contributed by atoms with van der Waals surface area (Å²) >= 11 is 0.914. The van der Waals surface area contributed by atoms with Crippen molar-refractivity contribution in [2.45, 2.75) is 13.0 Å². The Morgan fingerprint density at radius 2 is 2.10 bits per heavy atom. The Kier molecular flexibility index (Phi) is 6.90. The normalized spacial score (nSPS) is 15.5. The Balaban J connectivity index is 1.83. The molecule has 1 aliphatic rings. The maximum atomic E-state index is 12.5. The number of aromatic nitrogens is 1. The number of amides is 3. The van der Waals surface area contributed by atoms with Crippen molar-refractivity contribution >= 4 is 45.8 Å². The van der Waals surface area contributed by atoms with Crippen molar-refractivity contribution in [2.75, 3.05) is 26.8 Å². The first-order valence-electron chi connectivity index (χ1n) is 9.25. The number of benzene rings is 1. The highest BCUT2D eigenvalue weighted by molar-refractivity contribution is 8.18. The molecule has 3 amide bonds. The fourth-order valence-corrected chi connectivity index (χ4v) is 3.94. The zero-order valence-corrected chi connectivity index (χ0v) is 17.0. The molecular weight excluding hydrogens is 390 g/mol. The molecule has 1 aromatic carbocycles. The molecule has 0 aliphatic carbocycles. The Morgan fingerprint density at radius 3 is 2.86 bits per heavy atom. The number of imide groups is 1. The van der Waals surface area contributed by atoms with Gasteiger partial charge in [-0.05, 0) is 30.3 Å². The van der Waals surface area contributed by atoms with Crippen molar-refractivity contribution < 1.29 is 19.1 Å². The van der Waals surface area contributed by atoms with Crippen molar-refractivity contribution in [1.29, 1.82) is 0 Å². The van der Waals surface area contributed by atoms with Crippen LogP contribution in [-0.2, 0) is 20.9 Å². The van der Waals surface area contributed by atoms with E-state index in [1.54, 1.807) is 13.2 Å². The minimum absolute atomic E-state index is 0.0975. The number of hydrogen-bond acceptors (Lipinski definition) is 5. The Hall–Kier alpha value is -2.84. The monoisotopic (exact) mass is 413 g/mol. The molecule has 1 aromatic heterocycles. The minimum atomic E-state index is -0.326. The summed E-state index contributed by atoms with van der Waals surface area (Å²) in [6, 6.07) is 7.66. The number of carbonyl (C=O) groups excluding carboxylic acids is 3. The molecule has 1 saturated heterocycles. The quantitative estimate of drug-likeness (QED) is 0.388. The van der Waals surface area contributed by atoms with E-state index in [-0.39, 0.29) is 30.1 Å². The topological polar surface area (TPSA) is 80.6 Å². The predicted octanol–water partition coefficient (Wildman–Crippen LogP) is 3.02. The van der Waals surface area contributed by atoms with Crippen LogP contribution >= 0.6 is 11.8 Å². The highest BCUT2D eigenvalue weighted by Crippen LogP contribution is 2.34. The lowest BCUT2D eigenvalue weighted by Crippen LogP contribution is -2.28. The van der Waals surface area contributed by atoms with Crippen LogP contribution in [0.4, 0.5) is 4.79 Å². The zero-order valence-electron chi connectivity index (χ0n) is 16.2.